The summed E-state index contributed by atoms with van der Waals surface area (Å²) >= 11 is 1.60. The van der Waals surface area contributed by atoms with Gasteiger partial charge in [-0.2, -0.15) is 0 Å². The summed E-state index contributed by atoms with van der Waals surface area (Å²) in [5.41, 5.74) is 9.13. The van der Waals surface area contributed by atoms with Gasteiger partial charge < -0.3 is 5.73 Å². The number of aryl methyl sites for hydroxylation is 1. The predicted molar refractivity (Wildman–Crippen MR) is 67.0 cm³/mol. The van der Waals surface area contributed by atoms with Crippen molar-refractivity contribution in [3.8, 4) is 0 Å². The molecule has 0 aliphatic carbocycles. The van der Waals surface area contributed by atoms with E-state index in [9.17, 15) is 0 Å². The highest BCUT2D eigenvalue weighted by molar-refractivity contribution is 8.14. The Labute approximate surface area is 94.3 Å². The zero-order valence-corrected chi connectivity index (χ0v) is 9.55. The molecule has 0 amide bonds. The SMILES string of the molecule is C=C1N=C(N)SC1Cc1ccc(C)cc1. The molecule has 0 saturated heterocycles. The number of hydrogen-bond acceptors (Lipinski definition) is 3. The molecule has 0 fully saturated rings. The Bertz CT molecular complexity index is 406. The van der Waals surface area contributed by atoms with Gasteiger partial charge in [-0.05, 0) is 18.9 Å². The van der Waals surface area contributed by atoms with Gasteiger partial charge in [0.1, 0.15) is 0 Å². The van der Waals surface area contributed by atoms with E-state index in [1.807, 2.05) is 0 Å². The Morgan fingerprint density at radius 1 is 1.40 bits per heavy atom. The molecule has 3 heteroatoms. The van der Waals surface area contributed by atoms with Gasteiger partial charge in [0, 0.05) is 5.70 Å². The predicted octanol–water partition coefficient (Wildman–Crippen LogP) is 2.48. The van der Waals surface area contributed by atoms with E-state index in [-0.39, 0.29) is 0 Å². The Balaban J connectivity index is 2.04. The third kappa shape index (κ3) is 2.42. The van der Waals surface area contributed by atoms with Crippen LogP contribution in [0.3, 0.4) is 0 Å². The molecule has 2 N–H and O–H groups in total. The lowest BCUT2D eigenvalue weighted by molar-refractivity contribution is 0.965. The Morgan fingerprint density at radius 2 is 2.07 bits per heavy atom. The van der Waals surface area contributed by atoms with Crippen LogP contribution in [-0.2, 0) is 6.42 Å². The van der Waals surface area contributed by atoms with Gasteiger partial charge in [0.15, 0.2) is 5.17 Å². The van der Waals surface area contributed by atoms with E-state index in [2.05, 4.69) is 42.8 Å². The third-order valence-corrected chi connectivity index (χ3v) is 3.49. The first kappa shape index (κ1) is 10.3. The second-order valence-corrected chi connectivity index (χ2v) is 4.96. The molecule has 2 nitrogen and oxygen atoms in total. The van der Waals surface area contributed by atoms with Crippen LogP contribution in [0.2, 0.25) is 0 Å². The van der Waals surface area contributed by atoms with E-state index in [1.165, 1.54) is 11.1 Å². The molecule has 1 unspecified atom stereocenters. The van der Waals surface area contributed by atoms with E-state index in [1.54, 1.807) is 11.8 Å². The molecule has 0 bridgehead atoms. The first-order chi connectivity index (χ1) is 7.15. The van der Waals surface area contributed by atoms with Gasteiger partial charge in [0.25, 0.3) is 0 Å². The largest absolute Gasteiger partial charge is 0.378 e. The highest BCUT2D eigenvalue weighted by Gasteiger charge is 2.21. The first-order valence-corrected chi connectivity index (χ1v) is 5.78. The van der Waals surface area contributed by atoms with Gasteiger partial charge >= 0.3 is 0 Å². The Morgan fingerprint density at radius 3 is 2.60 bits per heavy atom. The third-order valence-electron chi connectivity index (χ3n) is 2.43. The summed E-state index contributed by atoms with van der Waals surface area (Å²) < 4.78 is 0. The molecule has 1 aliphatic rings. The van der Waals surface area contributed by atoms with Gasteiger partial charge in [0.05, 0.1) is 5.25 Å². The van der Waals surface area contributed by atoms with E-state index in [0.29, 0.717) is 10.4 Å². The number of aliphatic imine (C=N–C) groups is 1. The molecule has 2 rings (SSSR count). The van der Waals surface area contributed by atoms with Crippen LogP contribution >= 0.6 is 11.8 Å². The molecule has 15 heavy (non-hydrogen) atoms. The van der Waals surface area contributed by atoms with Crippen LogP contribution in [-0.4, -0.2) is 10.4 Å². The fourth-order valence-electron chi connectivity index (χ4n) is 1.55. The maximum Gasteiger partial charge on any atom is 0.159 e. The summed E-state index contributed by atoms with van der Waals surface area (Å²) in [5.74, 6) is 0. The molecule has 0 spiro atoms. The Hall–Kier alpha value is -1.22. The minimum absolute atomic E-state index is 0.313. The molecule has 1 atom stereocenters. The van der Waals surface area contributed by atoms with Crippen molar-refractivity contribution >= 4 is 16.9 Å². The highest BCUT2D eigenvalue weighted by atomic mass is 32.2. The fraction of sp³-hybridized carbons (Fsp3) is 0.250. The van der Waals surface area contributed by atoms with Crippen LogP contribution in [0.5, 0.6) is 0 Å². The summed E-state index contributed by atoms with van der Waals surface area (Å²) in [4.78, 5) is 4.15. The molecular weight excluding hydrogens is 204 g/mol. The van der Waals surface area contributed by atoms with Crippen molar-refractivity contribution in [1.29, 1.82) is 0 Å². The molecule has 1 aromatic carbocycles. The van der Waals surface area contributed by atoms with E-state index < -0.39 is 0 Å². The average Bonchev–Trinajstić information content (AvgIpc) is 2.49. The number of hydrogen-bond donors (Lipinski definition) is 1. The van der Waals surface area contributed by atoms with Crippen LogP contribution in [0, 0.1) is 6.92 Å². The smallest absolute Gasteiger partial charge is 0.159 e. The molecule has 1 heterocycles. The van der Waals surface area contributed by atoms with Crippen LogP contribution in [0.4, 0.5) is 0 Å². The molecule has 78 valence electrons. The zero-order valence-electron chi connectivity index (χ0n) is 8.73. The van der Waals surface area contributed by atoms with Crippen molar-refractivity contribution in [2.24, 2.45) is 10.7 Å². The lowest BCUT2D eigenvalue weighted by atomic mass is 10.1. The van der Waals surface area contributed by atoms with Crippen molar-refractivity contribution in [1.82, 2.24) is 0 Å². The molecule has 1 aromatic rings. The molecule has 0 saturated carbocycles. The second kappa shape index (κ2) is 4.11. The van der Waals surface area contributed by atoms with Gasteiger partial charge in [-0.3, -0.25) is 0 Å². The van der Waals surface area contributed by atoms with E-state index >= 15 is 0 Å². The lowest BCUT2D eigenvalue weighted by Gasteiger charge is -2.08. The normalized spacial score (nSPS) is 20.5. The number of nitrogens with two attached hydrogens (primary N) is 1. The van der Waals surface area contributed by atoms with E-state index in [0.717, 1.165) is 12.1 Å². The zero-order chi connectivity index (χ0) is 10.8. The monoisotopic (exact) mass is 218 g/mol. The molecule has 0 radical (unpaired) electrons. The summed E-state index contributed by atoms with van der Waals surface area (Å²) in [6.45, 7) is 6.00. The van der Waals surface area contributed by atoms with Crippen molar-refractivity contribution in [2.75, 3.05) is 0 Å². The maximum absolute atomic E-state index is 5.65. The quantitative estimate of drug-likeness (QED) is 0.828. The number of nitrogens with zero attached hydrogens (tertiary/aromatic N) is 1. The van der Waals surface area contributed by atoms with Crippen molar-refractivity contribution < 1.29 is 0 Å². The number of amidine groups is 1. The lowest BCUT2D eigenvalue weighted by Crippen LogP contribution is -2.08. The van der Waals surface area contributed by atoms with Crippen LogP contribution in [0.25, 0.3) is 0 Å². The van der Waals surface area contributed by atoms with Gasteiger partial charge in [-0.15, -0.1) is 0 Å². The summed E-state index contributed by atoms with van der Waals surface area (Å²) in [7, 11) is 0. The summed E-state index contributed by atoms with van der Waals surface area (Å²) in [6.07, 6.45) is 0.952. The number of thioether (sulfide) groups is 1. The average molecular weight is 218 g/mol. The van der Waals surface area contributed by atoms with Crippen LogP contribution < -0.4 is 5.73 Å². The van der Waals surface area contributed by atoms with Gasteiger partial charge in [0.2, 0.25) is 0 Å². The standard InChI is InChI=1S/C12H14N2S/c1-8-3-5-10(6-4-8)7-11-9(2)14-12(13)15-11/h3-6,11H,2,7H2,1H3,(H2,13,14). The van der Waals surface area contributed by atoms with Crippen LogP contribution in [0.15, 0.2) is 41.5 Å². The van der Waals surface area contributed by atoms with Crippen LogP contribution in [0.1, 0.15) is 11.1 Å². The summed E-state index contributed by atoms with van der Waals surface area (Å²) in [5, 5.41) is 0.949. The Kier molecular flexibility index (Phi) is 2.82. The minimum Gasteiger partial charge on any atom is -0.378 e. The first-order valence-electron chi connectivity index (χ1n) is 4.90. The number of benzene rings is 1. The van der Waals surface area contributed by atoms with Crippen molar-refractivity contribution in [2.45, 2.75) is 18.6 Å². The van der Waals surface area contributed by atoms with Gasteiger partial charge in [-0.1, -0.05) is 48.2 Å². The van der Waals surface area contributed by atoms with Crippen molar-refractivity contribution in [3.05, 3.63) is 47.7 Å². The fourth-order valence-corrected chi connectivity index (χ4v) is 2.48. The summed E-state index contributed by atoms with van der Waals surface area (Å²) in [6, 6.07) is 8.55. The highest BCUT2D eigenvalue weighted by Crippen LogP contribution is 2.29. The topological polar surface area (TPSA) is 38.4 Å². The molecule has 1 aliphatic heterocycles. The maximum atomic E-state index is 5.65. The van der Waals surface area contributed by atoms with E-state index in [4.69, 9.17) is 5.73 Å². The minimum atomic E-state index is 0.313. The van der Waals surface area contributed by atoms with Crippen molar-refractivity contribution in [3.63, 3.8) is 0 Å². The molecular formula is C12H14N2S. The van der Waals surface area contributed by atoms with Gasteiger partial charge in [-0.25, -0.2) is 4.99 Å². The second-order valence-electron chi connectivity index (χ2n) is 3.74. The molecule has 0 aromatic heterocycles. The number of rotatable bonds is 2.